The van der Waals surface area contributed by atoms with E-state index in [-0.39, 0.29) is 24.5 Å². The Morgan fingerprint density at radius 1 is 1.14 bits per heavy atom. The fourth-order valence-corrected chi connectivity index (χ4v) is 3.93. The van der Waals surface area contributed by atoms with Gasteiger partial charge >= 0.3 is 5.69 Å². The first-order valence-corrected chi connectivity index (χ1v) is 11.6. The van der Waals surface area contributed by atoms with E-state index in [4.69, 9.17) is 16.2 Å². The molecular weight excluding hydrogens is 472 g/mol. The standard InChI is InChI=1S/C26H24N8O3/c27-15-17(14-26(29)10-11-26)24(35)30-12-13-33-23-21(22(28)31-16-32-23)34(25(33)36)18-6-8-20(9-7-18)37-19-4-2-1-3-5-19/h1-9,14,16H,10-13,29H2,(H,30,35)(H2,28,31,32). The predicted molar refractivity (Wildman–Crippen MR) is 137 cm³/mol. The van der Waals surface area contributed by atoms with Crippen molar-refractivity contribution in [2.45, 2.75) is 24.9 Å². The molecule has 0 aliphatic heterocycles. The Hall–Kier alpha value is -4.95. The van der Waals surface area contributed by atoms with Crippen molar-refractivity contribution in [1.82, 2.24) is 24.4 Å². The maximum absolute atomic E-state index is 13.5. The molecule has 2 heterocycles. The third-order valence-corrected chi connectivity index (χ3v) is 6.05. The number of carbonyl (C=O) groups excluding carboxylic acids is 1. The Balaban J connectivity index is 1.40. The number of nitrogens with one attached hydrogen (secondary N) is 1. The molecule has 2 aromatic heterocycles. The van der Waals surface area contributed by atoms with Gasteiger partial charge in [-0.15, -0.1) is 0 Å². The summed E-state index contributed by atoms with van der Waals surface area (Å²) < 4.78 is 8.66. The Morgan fingerprint density at radius 3 is 2.51 bits per heavy atom. The Bertz CT molecular complexity index is 1590. The molecule has 1 aliphatic carbocycles. The monoisotopic (exact) mass is 496 g/mol. The van der Waals surface area contributed by atoms with E-state index in [2.05, 4.69) is 15.3 Å². The van der Waals surface area contributed by atoms with Crippen LogP contribution < -0.4 is 27.2 Å². The first-order valence-electron chi connectivity index (χ1n) is 11.6. The van der Waals surface area contributed by atoms with Crippen LogP contribution in [0.5, 0.6) is 11.5 Å². The van der Waals surface area contributed by atoms with Crippen LogP contribution in [0.3, 0.4) is 0 Å². The first kappa shape index (κ1) is 23.8. The number of nitrogens with zero attached hydrogens (tertiary/aromatic N) is 5. The minimum absolute atomic E-state index is 0.0424. The van der Waals surface area contributed by atoms with E-state index in [1.807, 2.05) is 36.4 Å². The van der Waals surface area contributed by atoms with Crippen molar-refractivity contribution in [2.24, 2.45) is 5.73 Å². The average Bonchev–Trinajstić information content (AvgIpc) is 3.57. The molecule has 11 heteroatoms. The van der Waals surface area contributed by atoms with E-state index < -0.39 is 17.1 Å². The maximum atomic E-state index is 13.5. The van der Waals surface area contributed by atoms with Gasteiger partial charge in [0.1, 0.15) is 35.0 Å². The molecule has 0 unspecified atom stereocenters. The lowest BCUT2D eigenvalue weighted by Gasteiger charge is -2.08. The minimum atomic E-state index is -0.580. The van der Waals surface area contributed by atoms with Crippen LogP contribution in [0.2, 0.25) is 0 Å². The summed E-state index contributed by atoms with van der Waals surface area (Å²) in [5.41, 5.74) is 12.3. The van der Waals surface area contributed by atoms with Crippen LogP contribution in [0.1, 0.15) is 12.8 Å². The lowest BCUT2D eigenvalue weighted by atomic mass is 10.1. The van der Waals surface area contributed by atoms with Crippen molar-refractivity contribution in [3.8, 4) is 23.3 Å². The number of anilines is 1. The van der Waals surface area contributed by atoms with Crippen LogP contribution in [-0.4, -0.2) is 37.1 Å². The van der Waals surface area contributed by atoms with Gasteiger partial charge in [-0.05, 0) is 55.3 Å². The number of nitrogens with two attached hydrogens (primary N) is 2. The molecule has 1 amide bonds. The molecule has 1 fully saturated rings. The molecule has 11 nitrogen and oxygen atoms in total. The highest BCUT2D eigenvalue weighted by molar-refractivity contribution is 5.97. The maximum Gasteiger partial charge on any atom is 0.335 e. The van der Waals surface area contributed by atoms with E-state index >= 15 is 0 Å². The highest BCUT2D eigenvalue weighted by Gasteiger charge is 2.37. The zero-order valence-electron chi connectivity index (χ0n) is 19.8. The van der Waals surface area contributed by atoms with E-state index in [9.17, 15) is 14.9 Å². The Labute approximate surface area is 211 Å². The van der Waals surface area contributed by atoms with Crippen LogP contribution >= 0.6 is 0 Å². The molecular formula is C26H24N8O3. The topological polar surface area (TPSA) is 167 Å². The fraction of sp³-hybridized carbons (Fsp3) is 0.192. The lowest BCUT2D eigenvalue weighted by molar-refractivity contribution is -0.117. The summed E-state index contributed by atoms with van der Waals surface area (Å²) in [6, 6.07) is 18.2. The Kier molecular flexibility index (Phi) is 6.17. The van der Waals surface area contributed by atoms with Crippen LogP contribution in [0.4, 0.5) is 5.82 Å². The van der Waals surface area contributed by atoms with Gasteiger partial charge in [-0.2, -0.15) is 5.26 Å². The first-order chi connectivity index (χ1) is 17.9. The van der Waals surface area contributed by atoms with Crippen molar-refractivity contribution >= 4 is 22.9 Å². The highest BCUT2D eigenvalue weighted by Crippen LogP contribution is 2.34. The van der Waals surface area contributed by atoms with Crippen LogP contribution in [0, 0.1) is 11.3 Å². The molecule has 0 atom stereocenters. The molecule has 5 rings (SSSR count). The molecule has 0 spiro atoms. The molecule has 186 valence electrons. The number of carbonyl (C=O) groups is 1. The van der Waals surface area contributed by atoms with E-state index in [1.165, 1.54) is 21.5 Å². The van der Waals surface area contributed by atoms with Crippen LogP contribution in [0.15, 0.2) is 77.4 Å². The van der Waals surface area contributed by atoms with Gasteiger partial charge in [-0.1, -0.05) is 18.2 Å². The number of para-hydroxylation sites is 1. The summed E-state index contributed by atoms with van der Waals surface area (Å²) in [6.07, 6.45) is 4.25. The van der Waals surface area contributed by atoms with Crippen molar-refractivity contribution in [3.63, 3.8) is 0 Å². The summed E-state index contributed by atoms with van der Waals surface area (Å²) in [6.45, 7) is 0.189. The Morgan fingerprint density at radius 2 is 1.84 bits per heavy atom. The molecule has 4 aromatic rings. The quantitative estimate of drug-likeness (QED) is 0.246. The molecule has 1 aliphatic rings. The van der Waals surface area contributed by atoms with Crippen LogP contribution in [-0.2, 0) is 11.3 Å². The normalized spacial score (nSPS) is 14.2. The summed E-state index contributed by atoms with van der Waals surface area (Å²) in [5.74, 6) is 0.892. The molecule has 0 saturated heterocycles. The predicted octanol–water partition coefficient (Wildman–Crippen LogP) is 2.01. The smallest absolute Gasteiger partial charge is 0.335 e. The van der Waals surface area contributed by atoms with Crippen LogP contribution in [0.25, 0.3) is 16.9 Å². The number of nitrogen functional groups attached to an aromatic ring is 1. The zero-order valence-corrected chi connectivity index (χ0v) is 19.8. The number of ether oxygens (including phenoxy) is 1. The third kappa shape index (κ3) is 4.91. The molecule has 5 N–H and O–H groups in total. The van der Waals surface area contributed by atoms with Gasteiger partial charge in [-0.25, -0.2) is 14.8 Å². The number of hydrogen-bond acceptors (Lipinski definition) is 8. The van der Waals surface area contributed by atoms with Crippen molar-refractivity contribution in [1.29, 1.82) is 5.26 Å². The summed E-state index contributed by atoms with van der Waals surface area (Å²) in [7, 11) is 0. The second kappa shape index (κ2) is 9.60. The number of nitriles is 1. The largest absolute Gasteiger partial charge is 0.457 e. The summed E-state index contributed by atoms with van der Waals surface area (Å²) in [5, 5.41) is 12.0. The number of imidazole rings is 1. The molecule has 37 heavy (non-hydrogen) atoms. The number of hydrogen-bond donors (Lipinski definition) is 3. The van der Waals surface area contributed by atoms with Gasteiger partial charge in [0, 0.05) is 18.6 Å². The highest BCUT2D eigenvalue weighted by atomic mass is 16.5. The number of rotatable bonds is 8. The molecule has 1 saturated carbocycles. The third-order valence-electron chi connectivity index (χ3n) is 6.05. The number of benzene rings is 2. The van der Waals surface area contributed by atoms with E-state index in [0.29, 0.717) is 28.4 Å². The second-order valence-corrected chi connectivity index (χ2v) is 8.77. The lowest BCUT2D eigenvalue weighted by Crippen LogP contribution is -2.33. The minimum Gasteiger partial charge on any atom is -0.457 e. The second-order valence-electron chi connectivity index (χ2n) is 8.77. The molecule has 2 aromatic carbocycles. The van der Waals surface area contributed by atoms with Gasteiger partial charge in [0.2, 0.25) is 0 Å². The molecule has 0 radical (unpaired) electrons. The number of amides is 1. The van der Waals surface area contributed by atoms with Crippen molar-refractivity contribution < 1.29 is 9.53 Å². The van der Waals surface area contributed by atoms with Gasteiger partial charge in [0.25, 0.3) is 5.91 Å². The summed E-state index contributed by atoms with van der Waals surface area (Å²) in [4.78, 5) is 34.2. The number of aromatic nitrogens is 4. The fourth-order valence-electron chi connectivity index (χ4n) is 3.93. The number of fused-ring (bicyclic) bond motifs is 1. The SMILES string of the molecule is N#CC(=CC1(N)CC1)C(=O)NCCn1c(=O)n(-c2ccc(Oc3ccccc3)cc2)c2c(N)ncnc21. The van der Waals surface area contributed by atoms with Gasteiger partial charge < -0.3 is 21.5 Å². The van der Waals surface area contributed by atoms with Gasteiger partial charge in [0.15, 0.2) is 11.5 Å². The molecule has 0 bridgehead atoms. The summed E-state index contributed by atoms with van der Waals surface area (Å²) >= 11 is 0. The average molecular weight is 497 g/mol. The zero-order chi connectivity index (χ0) is 26.0. The van der Waals surface area contributed by atoms with Crippen molar-refractivity contribution in [2.75, 3.05) is 12.3 Å². The van der Waals surface area contributed by atoms with E-state index in [1.54, 1.807) is 24.3 Å². The van der Waals surface area contributed by atoms with E-state index in [0.717, 1.165) is 12.8 Å². The van der Waals surface area contributed by atoms with Gasteiger partial charge in [0.05, 0.1) is 5.69 Å². The van der Waals surface area contributed by atoms with Crippen molar-refractivity contribution in [3.05, 3.63) is 83.1 Å². The van der Waals surface area contributed by atoms with Gasteiger partial charge in [-0.3, -0.25) is 13.9 Å².